The van der Waals surface area contributed by atoms with Gasteiger partial charge in [0.2, 0.25) is 9.84 Å². The van der Waals surface area contributed by atoms with Gasteiger partial charge >= 0.3 is 5.97 Å². The first-order valence-corrected chi connectivity index (χ1v) is 12.1. The molecule has 33 heavy (non-hydrogen) atoms. The highest BCUT2D eigenvalue weighted by Crippen LogP contribution is 2.39. The molecule has 0 amide bonds. The van der Waals surface area contributed by atoms with Crippen LogP contribution in [-0.4, -0.2) is 56.7 Å². The van der Waals surface area contributed by atoms with E-state index < -0.39 is 21.2 Å². The van der Waals surface area contributed by atoms with Gasteiger partial charge in [-0.2, -0.15) is 0 Å². The van der Waals surface area contributed by atoms with E-state index >= 15 is 0 Å². The van der Waals surface area contributed by atoms with Crippen LogP contribution in [0.5, 0.6) is 5.75 Å². The third-order valence-corrected chi connectivity index (χ3v) is 7.58. The Labute approximate surface area is 199 Å². The molecule has 1 aliphatic rings. The Bertz CT molecular complexity index is 1340. The first-order valence-electron chi connectivity index (χ1n) is 9.75. The van der Waals surface area contributed by atoms with Crippen molar-refractivity contribution in [2.24, 2.45) is 0 Å². The number of carboxylic acid groups (broad SMARTS) is 1. The van der Waals surface area contributed by atoms with Crippen molar-refractivity contribution in [3.8, 4) is 5.75 Å². The Morgan fingerprint density at radius 3 is 2.76 bits per heavy atom. The van der Waals surface area contributed by atoms with Crippen LogP contribution in [0.2, 0.25) is 10.0 Å². The van der Waals surface area contributed by atoms with Crippen molar-refractivity contribution < 1.29 is 27.8 Å². The largest absolute Gasteiger partial charge is 0.494 e. The lowest BCUT2D eigenvalue weighted by molar-refractivity contribution is 0.0694. The summed E-state index contributed by atoms with van der Waals surface area (Å²) in [5.41, 5.74) is -0.736. The zero-order valence-electron chi connectivity index (χ0n) is 17.3. The summed E-state index contributed by atoms with van der Waals surface area (Å²) in [6.07, 6.45) is 1.22. The monoisotopic (exact) mass is 511 g/mol. The lowest BCUT2D eigenvalue weighted by atomic mass is 10.1. The van der Waals surface area contributed by atoms with E-state index in [0.29, 0.717) is 22.5 Å². The van der Waals surface area contributed by atoms with Gasteiger partial charge in [-0.05, 0) is 30.3 Å². The third-order valence-electron chi connectivity index (χ3n) is 5.13. The molecule has 4 rings (SSSR count). The molecular weight excluding hydrogens is 493 g/mol. The number of hydrogen-bond acceptors (Lipinski definition) is 8. The Kier molecular flexibility index (Phi) is 6.64. The van der Waals surface area contributed by atoms with Crippen molar-refractivity contribution in [1.29, 1.82) is 0 Å². The Hall–Kier alpha value is -2.63. The quantitative estimate of drug-likeness (QED) is 0.453. The molecule has 1 unspecified atom stereocenters. The molecule has 0 spiro atoms. The number of benzene rings is 2. The number of nitrogens with one attached hydrogen (secondary N) is 2. The second-order valence-corrected chi connectivity index (χ2v) is 10.0. The Morgan fingerprint density at radius 2 is 2.09 bits per heavy atom. The molecule has 0 saturated carbocycles. The summed E-state index contributed by atoms with van der Waals surface area (Å²) in [6.45, 7) is 0.872. The number of methoxy groups -OCH3 is 1. The van der Waals surface area contributed by atoms with Crippen molar-refractivity contribution in [3.05, 3.63) is 52.1 Å². The normalized spacial score (nSPS) is 16.5. The second kappa shape index (κ2) is 9.32. The zero-order valence-corrected chi connectivity index (χ0v) is 19.6. The summed E-state index contributed by atoms with van der Waals surface area (Å²) in [5.74, 6) is -1.37. The number of hydrogen-bond donors (Lipinski definition) is 3. The molecule has 1 aliphatic heterocycles. The van der Waals surface area contributed by atoms with Gasteiger partial charge in [-0.25, -0.2) is 13.2 Å². The zero-order chi connectivity index (χ0) is 23.8. The fourth-order valence-corrected chi connectivity index (χ4v) is 5.53. The molecule has 174 valence electrons. The fraction of sp³-hybridized carbons (Fsp3) is 0.238. The Morgan fingerprint density at radius 1 is 1.30 bits per heavy atom. The maximum absolute atomic E-state index is 13.5. The summed E-state index contributed by atoms with van der Waals surface area (Å²) in [4.78, 5) is 16.2. The highest BCUT2D eigenvalue weighted by Gasteiger charge is 2.34. The van der Waals surface area contributed by atoms with Crippen LogP contribution in [0.4, 0.5) is 11.4 Å². The predicted molar refractivity (Wildman–Crippen MR) is 125 cm³/mol. The van der Waals surface area contributed by atoms with Crippen LogP contribution in [0, 0.1) is 0 Å². The number of rotatable bonds is 6. The van der Waals surface area contributed by atoms with Gasteiger partial charge in [0, 0.05) is 29.7 Å². The van der Waals surface area contributed by atoms with Crippen molar-refractivity contribution in [2.75, 3.05) is 32.1 Å². The Balaban J connectivity index is 1.96. The van der Waals surface area contributed by atoms with Gasteiger partial charge in [0.15, 0.2) is 11.2 Å². The number of carbonyl (C=O) groups is 1. The third kappa shape index (κ3) is 4.44. The molecule has 2 aromatic carbocycles. The van der Waals surface area contributed by atoms with Crippen LogP contribution >= 0.6 is 23.2 Å². The molecule has 3 aromatic rings. The van der Waals surface area contributed by atoms with Gasteiger partial charge in [-0.3, -0.25) is 4.98 Å². The average molecular weight is 512 g/mol. The molecule has 3 N–H and O–H groups in total. The standard InChI is InChI=1S/C21H19Cl2N3O6S/c1-31-20-13(23)3-5-15(18(20)21(27)28)26-19-12-8-11(22)2-4-14(12)25-9-16(19)33(29,30)17-10-24-6-7-32-17/h2-5,8-9,17,24H,6-7,10H2,1H3,(H,25,26)(H,27,28). The second-order valence-electron chi connectivity index (χ2n) is 7.14. The fourth-order valence-electron chi connectivity index (χ4n) is 3.58. The molecular formula is C21H19Cl2N3O6S. The summed E-state index contributed by atoms with van der Waals surface area (Å²) in [6, 6.07) is 7.70. The first kappa shape index (κ1) is 23.5. The van der Waals surface area contributed by atoms with Crippen molar-refractivity contribution in [3.63, 3.8) is 0 Å². The predicted octanol–water partition coefficient (Wildman–Crippen LogP) is 3.71. The average Bonchev–Trinajstić information content (AvgIpc) is 2.80. The molecule has 0 aliphatic carbocycles. The molecule has 1 fully saturated rings. The summed E-state index contributed by atoms with van der Waals surface area (Å²) >= 11 is 12.3. The van der Waals surface area contributed by atoms with Crippen molar-refractivity contribution in [2.45, 2.75) is 10.3 Å². The number of anilines is 2. The number of morpholine rings is 1. The first-order chi connectivity index (χ1) is 15.7. The molecule has 1 aromatic heterocycles. The lowest BCUT2D eigenvalue weighted by Gasteiger charge is -2.25. The topological polar surface area (TPSA) is 127 Å². The molecule has 0 bridgehead atoms. The smallest absolute Gasteiger partial charge is 0.341 e. The van der Waals surface area contributed by atoms with E-state index in [1.807, 2.05) is 0 Å². The van der Waals surface area contributed by atoms with Crippen molar-refractivity contribution in [1.82, 2.24) is 10.3 Å². The van der Waals surface area contributed by atoms with E-state index in [4.69, 9.17) is 32.7 Å². The highest BCUT2D eigenvalue weighted by molar-refractivity contribution is 7.92. The minimum Gasteiger partial charge on any atom is -0.494 e. The number of sulfone groups is 1. The van der Waals surface area contributed by atoms with Crippen LogP contribution < -0.4 is 15.4 Å². The van der Waals surface area contributed by atoms with E-state index in [1.165, 1.54) is 25.4 Å². The number of pyridine rings is 1. The molecule has 9 nitrogen and oxygen atoms in total. The molecule has 2 heterocycles. The van der Waals surface area contributed by atoms with Gasteiger partial charge in [0.25, 0.3) is 0 Å². The van der Waals surface area contributed by atoms with Crippen LogP contribution in [0.1, 0.15) is 10.4 Å². The van der Waals surface area contributed by atoms with Crippen LogP contribution in [-0.2, 0) is 14.6 Å². The number of fused-ring (bicyclic) bond motifs is 1. The van der Waals surface area contributed by atoms with E-state index in [-0.39, 0.29) is 45.8 Å². The van der Waals surface area contributed by atoms with Crippen LogP contribution in [0.15, 0.2) is 41.4 Å². The van der Waals surface area contributed by atoms with E-state index in [0.717, 1.165) is 0 Å². The van der Waals surface area contributed by atoms with E-state index in [9.17, 15) is 18.3 Å². The number of halogens is 2. The number of aromatic nitrogens is 1. The number of nitrogens with zero attached hydrogens (tertiary/aromatic N) is 1. The van der Waals surface area contributed by atoms with Crippen LogP contribution in [0.25, 0.3) is 10.9 Å². The highest BCUT2D eigenvalue weighted by atomic mass is 35.5. The molecule has 0 radical (unpaired) electrons. The van der Waals surface area contributed by atoms with Gasteiger partial charge in [-0.1, -0.05) is 23.2 Å². The van der Waals surface area contributed by atoms with Crippen LogP contribution in [0.3, 0.4) is 0 Å². The number of carboxylic acids is 1. The van der Waals surface area contributed by atoms with E-state index in [2.05, 4.69) is 15.6 Å². The summed E-state index contributed by atoms with van der Waals surface area (Å²) < 4.78 is 37.6. The number of ether oxygens (including phenoxy) is 2. The molecule has 1 atom stereocenters. The number of aromatic carboxylic acids is 1. The molecule has 12 heteroatoms. The van der Waals surface area contributed by atoms with Gasteiger partial charge in [0.1, 0.15) is 10.5 Å². The van der Waals surface area contributed by atoms with Gasteiger partial charge < -0.3 is 25.2 Å². The van der Waals surface area contributed by atoms with Gasteiger partial charge in [-0.15, -0.1) is 0 Å². The molecule has 1 saturated heterocycles. The minimum absolute atomic E-state index is 0.0604. The van der Waals surface area contributed by atoms with Crippen molar-refractivity contribution >= 4 is 61.3 Å². The maximum Gasteiger partial charge on any atom is 0.341 e. The SMILES string of the molecule is COc1c(Cl)ccc(Nc2c(S(=O)(=O)C3CNCCO3)cnc3ccc(Cl)cc23)c1C(=O)O. The summed E-state index contributed by atoms with van der Waals surface area (Å²) in [5, 5.41) is 16.6. The maximum atomic E-state index is 13.5. The summed E-state index contributed by atoms with van der Waals surface area (Å²) in [7, 11) is -2.74. The van der Waals surface area contributed by atoms with E-state index in [1.54, 1.807) is 18.2 Å². The minimum atomic E-state index is -4.03. The van der Waals surface area contributed by atoms with Gasteiger partial charge in [0.05, 0.1) is 35.6 Å². The lowest BCUT2D eigenvalue weighted by Crippen LogP contribution is -2.43.